The smallest absolute Gasteiger partial charge is 0.287 e. The van der Waals surface area contributed by atoms with Crippen molar-refractivity contribution in [3.63, 3.8) is 0 Å². The molecule has 3 aromatic rings. The number of hydrogen-bond donors (Lipinski definition) is 3. The second kappa shape index (κ2) is 8.83. The van der Waals surface area contributed by atoms with Crippen molar-refractivity contribution in [2.75, 3.05) is 6.54 Å². The van der Waals surface area contributed by atoms with Crippen LogP contribution < -0.4 is 10.9 Å². The van der Waals surface area contributed by atoms with E-state index in [2.05, 4.69) is 21.0 Å². The molecule has 0 bridgehead atoms. The number of aryl methyl sites for hydroxylation is 1. The number of carbonyl (C=O) groups is 3. The van der Waals surface area contributed by atoms with Gasteiger partial charge in [0.05, 0.1) is 11.6 Å². The minimum atomic E-state index is -0.514. The zero-order valence-corrected chi connectivity index (χ0v) is 17.1. The van der Waals surface area contributed by atoms with Crippen molar-refractivity contribution >= 4 is 17.7 Å². The molecule has 2 heterocycles. The van der Waals surface area contributed by atoms with Crippen LogP contribution in [0.25, 0.3) is 11.3 Å². The van der Waals surface area contributed by atoms with Gasteiger partial charge in [0.1, 0.15) is 5.69 Å². The standard InChI is InChI=1S/C23H23N5O3/c1-15-7-9-16(10-8-15)13-28-14-18(11-21(28)29)22(30)26-27-23(31)20-12-19(24-25-20)17-5-3-2-4-6-17/h2-10,12,18H,11,13-14H2,1H3,(H,24,25)(H,26,30)(H,27,31)/t18-/m0/s1. The van der Waals surface area contributed by atoms with E-state index in [-0.39, 0.29) is 18.0 Å². The molecular formula is C23H23N5O3. The van der Waals surface area contributed by atoms with Gasteiger partial charge in [0, 0.05) is 25.1 Å². The van der Waals surface area contributed by atoms with Crippen molar-refractivity contribution < 1.29 is 14.4 Å². The van der Waals surface area contributed by atoms with E-state index in [1.165, 1.54) is 0 Å². The van der Waals surface area contributed by atoms with Crippen molar-refractivity contribution in [1.82, 2.24) is 25.9 Å². The number of aromatic amines is 1. The Morgan fingerprint density at radius 2 is 1.84 bits per heavy atom. The van der Waals surface area contributed by atoms with Crippen molar-refractivity contribution in [3.05, 3.63) is 77.5 Å². The summed E-state index contributed by atoms with van der Waals surface area (Å²) in [6, 6.07) is 19.0. The Kier molecular flexibility index (Phi) is 5.79. The first-order valence-electron chi connectivity index (χ1n) is 10.0. The Morgan fingerprint density at radius 3 is 2.58 bits per heavy atom. The van der Waals surface area contributed by atoms with Crippen LogP contribution in [0.15, 0.2) is 60.7 Å². The Hall–Kier alpha value is -3.94. The van der Waals surface area contributed by atoms with Crippen molar-refractivity contribution in [2.45, 2.75) is 19.9 Å². The zero-order valence-electron chi connectivity index (χ0n) is 17.1. The molecule has 3 amide bonds. The van der Waals surface area contributed by atoms with Crippen LogP contribution >= 0.6 is 0 Å². The predicted molar refractivity (Wildman–Crippen MR) is 114 cm³/mol. The summed E-state index contributed by atoms with van der Waals surface area (Å²) in [4.78, 5) is 38.8. The summed E-state index contributed by atoms with van der Waals surface area (Å²) in [5, 5.41) is 6.79. The number of likely N-dealkylation sites (tertiary alicyclic amines) is 1. The van der Waals surface area contributed by atoms with Gasteiger partial charge in [0.15, 0.2) is 0 Å². The molecule has 3 N–H and O–H groups in total. The zero-order chi connectivity index (χ0) is 21.8. The summed E-state index contributed by atoms with van der Waals surface area (Å²) in [5.74, 6) is -1.49. The maximum absolute atomic E-state index is 12.5. The number of rotatable bonds is 5. The molecule has 2 aromatic carbocycles. The third-order valence-corrected chi connectivity index (χ3v) is 5.27. The van der Waals surface area contributed by atoms with Crippen LogP contribution in [0.4, 0.5) is 0 Å². The summed E-state index contributed by atoms with van der Waals surface area (Å²) in [7, 11) is 0. The van der Waals surface area contributed by atoms with E-state index in [0.29, 0.717) is 18.8 Å². The highest BCUT2D eigenvalue weighted by Gasteiger charge is 2.34. The maximum Gasteiger partial charge on any atom is 0.287 e. The molecule has 4 rings (SSSR count). The fourth-order valence-corrected chi connectivity index (χ4v) is 3.50. The van der Waals surface area contributed by atoms with Crippen LogP contribution in [0.3, 0.4) is 0 Å². The lowest BCUT2D eigenvalue weighted by molar-refractivity contribution is -0.129. The summed E-state index contributed by atoms with van der Waals surface area (Å²) in [6.45, 7) is 2.79. The van der Waals surface area contributed by atoms with E-state index >= 15 is 0 Å². The van der Waals surface area contributed by atoms with Gasteiger partial charge in [0.2, 0.25) is 11.8 Å². The number of hydrogen-bond acceptors (Lipinski definition) is 4. The Balaban J connectivity index is 1.30. The number of H-pyrrole nitrogens is 1. The average molecular weight is 417 g/mol. The molecule has 31 heavy (non-hydrogen) atoms. The van der Waals surface area contributed by atoms with Gasteiger partial charge in [-0.1, -0.05) is 60.2 Å². The van der Waals surface area contributed by atoms with Crippen LogP contribution in [0.2, 0.25) is 0 Å². The monoisotopic (exact) mass is 417 g/mol. The minimum absolute atomic E-state index is 0.0758. The SMILES string of the molecule is Cc1ccc(CN2C[C@@H](C(=O)NNC(=O)c3cc(-c4ccccc4)n[nH]3)CC2=O)cc1. The first kappa shape index (κ1) is 20.3. The van der Waals surface area contributed by atoms with E-state index in [1.807, 2.05) is 61.5 Å². The highest BCUT2D eigenvalue weighted by molar-refractivity contribution is 5.95. The van der Waals surface area contributed by atoms with Gasteiger partial charge in [0.25, 0.3) is 5.91 Å². The lowest BCUT2D eigenvalue weighted by Crippen LogP contribution is -2.45. The van der Waals surface area contributed by atoms with E-state index in [0.717, 1.165) is 16.7 Å². The topological polar surface area (TPSA) is 107 Å². The van der Waals surface area contributed by atoms with Gasteiger partial charge in [-0.3, -0.25) is 30.3 Å². The molecule has 1 saturated heterocycles. The normalized spacial score (nSPS) is 15.7. The van der Waals surface area contributed by atoms with E-state index < -0.39 is 17.7 Å². The van der Waals surface area contributed by atoms with Crippen molar-refractivity contribution in [3.8, 4) is 11.3 Å². The van der Waals surface area contributed by atoms with E-state index in [1.54, 1.807) is 11.0 Å². The van der Waals surface area contributed by atoms with Crippen LogP contribution in [-0.4, -0.2) is 39.4 Å². The van der Waals surface area contributed by atoms with Gasteiger partial charge in [-0.05, 0) is 18.6 Å². The predicted octanol–water partition coefficient (Wildman–Crippen LogP) is 2.19. The van der Waals surface area contributed by atoms with Crippen LogP contribution in [0.5, 0.6) is 0 Å². The number of nitrogens with one attached hydrogen (secondary N) is 3. The van der Waals surface area contributed by atoms with Crippen molar-refractivity contribution in [1.29, 1.82) is 0 Å². The van der Waals surface area contributed by atoms with Crippen molar-refractivity contribution in [2.24, 2.45) is 5.92 Å². The molecule has 0 spiro atoms. The molecule has 0 saturated carbocycles. The number of aromatic nitrogens is 2. The quantitative estimate of drug-likeness (QED) is 0.553. The molecule has 0 aliphatic carbocycles. The van der Waals surface area contributed by atoms with Gasteiger partial charge in [-0.15, -0.1) is 0 Å². The number of hydrazine groups is 1. The molecule has 158 valence electrons. The molecule has 1 atom stereocenters. The van der Waals surface area contributed by atoms with Crippen LogP contribution in [0.1, 0.15) is 28.0 Å². The fourth-order valence-electron chi connectivity index (χ4n) is 3.50. The molecular weight excluding hydrogens is 394 g/mol. The Morgan fingerprint density at radius 1 is 1.10 bits per heavy atom. The van der Waals surface area contributed by atoms with Crippen LogP contribution in [0, 0.1) is 12.8 Å². The Bertz CT molecular complexity index is 1090. The fraction of sp³-hybridized carbons (Fsp3) is 0.217. The third-order valence-electron chi connectivity index (χ3n) is 5.27. The summed E-state index contributed by atoms with van der Waals surface area (Å²) in [6.07, 6.45) is 0.121. The first-order chi connectivity index (χ1) is 15.0. The first-order valence-corrected chi connectivity index (χ1v) is 10.0. The highest BCUT2D eigenvalue weighted by Crippen LogP contribution is 2.21. The van der Waals surface area contributed by atoms with Gasteiger partial charge in [-0.2, -0.15) is 5.10 Å². The second-order valence-corrected chi connectivity index (χ2v) is 7.64. The number of nitrogens with zero attached hydrogens (tertiary/aromatic N) is 2. The van der Waals surface area contributed by atoms with Gasteiger partial charge >= 0.3 is 0 Å². The maximum atomic E-state index is 12.5. The minimum Gasteiger partial charge on any atom is -0.338 e. The molecule has 1 aliphatic rings. The third kappa shape index (κ3) is 4.80. The lowest BCUT2D eigenvalue weighted by atomic mass is 10.1. The highest BCUT2D eigenvalue weighted by atomic mass is 16.2. The number of benzene rings is 2. The molecule has 0 radical (unpaired) electrons. The lowest BCUT2D eigenvalue weighted by Gasteiger charge is -2.17. The summed E-state index contributed by atoms with van der Waals surface area (Å²) < 4.78 is 0. The van der Waals surface area contributed by atoms with E-state index in [4.69, 9.17) is 0 Å². The van der Waals surface area contributed by atoms with Gasteiger partial charge < -0.3 is 4.90 Å². The largest absolute Gasteiger partial charge is 0.338 e. The Labute approximate surface area is 179 Å². The molecule has 1 aromatic heterocycles. The molecule has 8 heteroatoms. The molecule has 8 nitrogen and oxygen atoms in total. The van der Waals surface area contributed by atoms with E-state index in [9.17, 15) is 14.4 Å². The number of carbonyl (C=O) groups excluding carboxylic acids is 3. The molecule has 0 unspecified atom stereocenters. The molecule has 1 fully saturated rings. The van der Waals surface area contributed by atoms with Gasteiger partial charge in [-0.25, -0.2) is 0 Å². The van der Waals surface area contributed by atoms with Crippen LogP contribution in [-0.2, 0) is 16.1 Å². The molecule has 1 aliphatic heterocycles. The second-order valence-electron chi connectivity index (χ2n) is 7.64. The average Bonchev–Trinajstić information content (AvgIpc) is 3.42. The summed E-state index contributed by atoms with van der Waals surface area (Å²) >= 11 is 0. The number of amides is 3. The summed E-state index contributed by atoms with van der Waals surface area (Å²) in [5.41, 5.74) is 8.70.